The summed E-state index contributed by atoms with van der Waals surface area (Å²) in [6, 6.07) is 13.7. The predicted molar refractivity (Wildman–Crippen MR) is 104 cm³/mol. The number of nitrogens with zero attached hydrogens (tertiary/aromatic N) is 1. The number of thiophene rings is 1. The summed E-state index contributed by atoms with van der Waals surface area (Å²) in [7, 11) is 0. The van der Waals surface area contributed by atoms with Gasteiger partial charge in [0.15, 0.2) is 0 Å². The van der Waals surface area contributed by atoms with E-state index in [1.54, 1.807) is 10.6 Å². The molecule has 0 radical (unpaired) electrons. The van der Waals surface area contributed by atoms with Gasteiger partial charge >= 0.3 is 5.97 Å². The average molecular weight is 370 g/mol. The second kappa shape index (κ2) is 8.19. The number of hydrogen-bond donors (Lipinski definition) is 1. The van der Waals surface area contributed by atoms with Crippen LogP contribution in [0, 0.1) is 0 Å². The molecule has 1 amide bonds. The number of ether oxygens (including phenoxy) is 1. The largest absolute Gasteiger partial charge is 0.458 e. The highest BCUT2D eigenvalue weighted by atomic mass is 32.1. The first-order valence-electron chi connectivity index (χ1n) is 8.63. The van der Waals surface area contributed by atoms with Crippen LogP contribution in [0.1, 0.15) is 29.9 Å². The van der Waals surface area contributed by atoms with Gasteiger partial charge in [-0.1, -0.05) is 30.3 Å². The summed E-state index contributed by atoms with van der Waals surface area (Å²) in [5.74, 6) is -0.522. The Morgan fingerprint density at radius 2 is 1.96 bits per heavy atom. The lowest BCUT2D eigenvalue weighted by atomic mass is 10.1. The predicted octanol–water partition coefficient (Wildman–Crippen LogP) is 3.63. The lowest BCUT2D eigenvalue weighted by Gasteiger charge is -2.12. The van der Waals surface area contributed by atoms with Gasteiger partial charge in [0.1, 0.15) is 17.1 Å². The summed E-state index contributed by atoms with van der Waals surface area (Å²) in [5, 5.41) is 5.82. The highest BCUT2D eigenvalue weighted by Gasteiger charge is 2.20. The fraction of sp³-hybridized carbons (Fsp3) is 0.300. The molecule has 0 unspecified atom stereocenters. The van der Waals surface area contributed by atoms with Gasteiger partial charge in [0.25, 0.3) is 0 Å². The van der Waals surface area contributed by atoms with E-state index in [1.165, 1.54) is 16.9 Å². The van der Waals surface area contributed by atoms with Crippen LogP contribution < -0.4 is 5.32 Å². The van der Waals surface area contributed by atoms with Crippen LogP contribution in [0.15, 0.2) is 47.8 Å². The summed E-state index contributed by atoms with van der Waals surface area (Å²) in [5.41, 5.74) is 1.59. The van der Waals surface area contributed by atoms with Crippen LogP contribution in [-0.2, 0) is 22.5 Å². The van der Waals surface area contributed by atoms with Crippen LogP contribution in [0.2, 0.25) is 0 Å². The lowest BCUT2D eigenvalue weighted by molar-refractivity contribution is -0.121. The molecule has 26 heavy (non-hydrogen) atoms. The van der Waals surface area contributed by atoms with Crippen LogP contribution in [0.4, 0.5) is 0 Å². The third-order valence-corrected chi connectivity index (χ3v) is 4.89. The summed E-state index contributed by atoms with van der Waals surface area (Å²) >= 11 is 1.51. The molecule has 3 rings (SSSR count). The molecule has 5 nitrogen and oxygen atoms in total. The third kappa shape index (κ3) is 4.32. The number of hydrogen-bond acceptors (Lipinski definition) is 4. The smallest absolute Gasteiger partial charge is 0.355 e. The molecule has 1 aromatic carbocycles. The van der Waals surface area contributed by atoms with Crippen molar-refractivity contribution in [2.24, 2.45) is 0 Å². The van der Waals surface area contributed by atoms with Gasteiger partial charge in [0.05, 0.1) is 6.10 Å². The van der Waals surface area contributed by atoms with Crippen LogP contribution in [0.25, 0.3) is 10.2 Å². The molecule has 0 spiro atoms. The number of amides is 1. The van der Waals surface area contributed by atoms with Crippen molar-refractivity contribution in [3.63, 3.8) is 0 Å². The Balaban J connectivity index is 1.67. The first kappa shape index (κ1) is 18.2. The van der Waals surface area contributed by atoms with Crippen molar-refractivity contribution >= 4 is 33.4 Å². The van der Waals surface area contributed by atoms with Gasteiger partial charge in [-0.05, 0) is 43.3 Å². The molecule has 0 fully saturated rings. The minimum atomic E-state index is -0.402. The van der Waals surface area contributed by atoms with Crippen LogP contribution in [0.3, 0.4) is 0 Å². The molecular weight excluding hydrogens is 348 g/mol. The Morgan fingerprint density at radius 1 is 1.19 bits per heavy atom. The molecular formula is C20H22N2O3S. The Kier molecular flexibility index (Phi) is 5.73. The SMILES string of the molecule is CC(C)OC(=O)c1cc2ccsc2n1CC(=O)NCCc1ccccc1. The molecule has 6 heteroatoms. The van der Waals surface area contributed by atoms with E-state index in [2.05, 4.69) is 5.32 Å². The number of esters is 1. The first-order valence-corrected chi connectivity index (χ1v) is 9.51. The van der Waals surface area contributed by atoms with Gasteiger partial charge in [-0.3, -0.25) is 4.79 Å². The van der Waals surface area contributed by atoms with E-state index >= 15 is 0 Å². The van der Waals surface area contributed by atoms with Crippen LogP contribution >= 0.6 is 11.3 Å². The van der Waals surface area contributed by atoms with Crippen LogP contribution in [0.5, 0.6) is 0 Å². The van der Waals surface area contributed by atoms with Crippen molar-refractivity contribution in [3.8, 4) is 0 Å². The molecule has 1 N–H and O–H groups in total. The number of carbonyl (C=O) groups excluding carboxylic acids is 2. The molecule has 2 aromatic heterocycles. The molecule has 136 valence electrons. The maximum Gasteiger partial charge on any atom is 0.355 e. The first-order chi connectivity index (χ1) is 12.5. The molecule has 0 aliphatic rings. The number of nitrogens with one attached hydrogen (secondary N) is 1. The number of benzene rings is 1. The van der Waals surface area contributed by atoms with Gasteiger partial charge in [-0.15, -0.1) is 11.3 Å². The Labute approximate surface area is 156 Å². The molecule has 0 bridgehead atoms. The summed E-state index contributed by atoms with van der Waals surface area (Å²) in [6.45, 7) is 4.28. The van der Waals surface area contributed by atoms with E-state index in [0.29, 0.717) is 12.2 Å². The summed E-state index contributed by atoms with van der Waals surface area (Å²) in [4.78, 5) is 25.6. The number of fused-ring (bicyclic) bond motifs is 1. The average Bonchev–Trinajstić information content (AvgIpc) is 3.18. The lowest BCUT2D eigenvalue weighted by Crippen LogP contribution is -2.30. The second-order valence-electron chi connectivity index (χ2n) is 6.34. The maximum absolute atomic E-state index is 12.4. The number of carbonyl (C=O) groups is 2. The van der Waals surface area contributed by atoms with Crippen molar-refractivity contribution in [2.75, 3.05) is 6.54 Å². The topological polar surface area (TPSA) is 60.3 Å². The van der Waals surface area contributed by atoms with Gasteiger partial charge in [-0.2, -0.15) is 0 Å². The number of aromatic nitrogens is 1. The van der Waals surface area contributed by atoms with Crippen molar-refractivity contribution in [1.29, 1.82) is 0 Å². The van der Waals surface area contributed by atoms with Crippen molar-refractivity contribution < 1.29 is 14.3 Å². The van der Waals surface area contributed by atoms with Crippen molar-refractivity contribution in [3.05, 3.63) is 59.1 Å². The van der Waals surface area contributed by atoms with Crippen molar-refractivity contribution in [2.45, 2.75) is 32.9 Å². The second-order valence-corrected chi connectivity index (χ2v) is 7.23. The molecule has 0 aliphatic carbocycles. The third-order valence-electron chi connectivity index (χ3n) is 3.93. The van der Waals surface area contributed by atoms with Gasteiger partial charge in [0, 0.05) is 11.9 Å². The Morgan fingerprint density at radius 3 is 2.69 bits per heavy atom. The quantitative estimate of drug-likeness (QED) is 0.646. The summed E-state index contributed by atoms with van der Waals surface area (Å²) in [6.07, 6.45) is 0.568. The van der Waals surface area contributed by atoms with E-state index in [4.69, 9.17) is 4.74 Å². The molecule has 0 saturated heterocycles. The molecule has 0 atom stereocenters. The van der Waals surface area contributed by atoms with E-state index in [-0.39, 0.29) is 18.6 Å². The highest BCUT2D eigenvalue weighted by molar-refractivity contribution is 7.16. The Hall–Kier alpha value is -2.60. The fourth-order valence-corrected chi connectivity index (χ4v) is 3.66. The standard InChI is InChI=1S/C20H22N2O3S/c1-14(2)25-20(24)17-12-16-9-11-26-19(16)22(17)13-18(23)21-10-8-15-6-4-3-5-7-15/h3-7,9,11-12,14H,8,10,13H2,1-2H3,(H,21,23). The van der Waals surface area contributed by atoms with E-state index in [9.17, 15) is 9.59 Å². The van der Waals surface area contributed by atoms with E-state index in [0.717, 1.165) is 16.6 Å². The normalized spacial score (nSPS) is 11.0. The van der Waals surface area contributed by atoms with E-state index < -0.39 is 5.97 Å². The minimum absolute atomic E-state index is 0.0985. The number of rotatable bonds is 7. The fourth-order valence-electron chi connectivity index (χ4n) is 2.77. The van der Waals surface area contributed by atoms with Gasteiger partial charge in [-0.25, -0.2) is 4.79 Å². The van der Waals surface area contributed by atoms with Crippen molar-refractivity contribution in [1.82, 2.24) is 9.88 Å². The van der Waals surface area contributed by atoms with Crippen LogP contribution in [-0.4, -0.2) is 29.1 Å². The summed E-state index contributed by atoms with van der Waals surface area (Å²) < 4.78 is 7.05. The molecule has 3 aromatic rings. The zero-order valence-electron chi connectivity index (χ0n) is 14.9. The monoisotopic (exact) mass is 370 g/mol. The zero-order chi connectivity index (χ0) is 18.5. The molecule has 0 aliphatic heterocycles. The van der Waals surface area contributed by atoms with Gasteiger partial charge < -0.3 is 14.6 Å². The zero-order valence-corrected chi connectivity index (χ0v) is 15.7. The highest BCUT2D eigenvalue weighted by Crippen LogP contribution is 2.26. The molecule has 2 heterocycles. The van der Waals surface area contributed by atoms with E-state index in [1.807, 2.05) is 55.6 Å². The van der Waals surface area contributed by atoms with Gasteiger partial charge in [0.2, 0.25) is 5.91 Å². The minimum Gasteiger partial charge on any atom is -0.458 e. The Bertz CT molecular complexity index is 896. The maximum atomic E-state index is 12.4. The molecule has 0 saturated carbocycles.